The first-order valence-electron chi connectivity index (χ1n) is 5.86. The van der Waals surface area contributed by atoms with Gasteiger partial charge in [0.2, 0.25) is 0 Å². The highest BCUT2D eigenvalue weighted by molar-refractivity contribution is 5.73. The van der Waals surface area contributed by atoms with Gasteiger partial charge in [0.15, 0.2) is 0 Å². The number of carboxylic acids is 1. The first-order valence-corrected chi connectivity index (χ1v) is 5.86. The summed E-state index contributed by atoms with van der Waals surface area (Å²) in [6.45, 7) is 0.316. The van der Waals surface area contributed by atoms with E-state index >= 15 is 0 Å². The van der Waals surface area contributed by atoms with Crippen LogP contribution in [0.4, 0.5) is 0 Å². The van der Waals surface area contributed by atoms with E-state index in [-0.39, 0.29) is 0 Å². The Morgan fingerprint density at radius 2 is 2.00 bits per heavy atom. The molecular formula is C11H19NO3. The second-order valence-corrected chi connectivity index (χ2v) is 4.57. The summed E-state index contributed by atoms with van der Waals surface area (Å²) in [5.41, 5.74) is 0. The number of hydrogen-bond acceptors (Lipinski definition) is 3. The number of rotatable bonds is 6. The number of nitrogens with one attached hydrogen (secondary N) is 1. The molecule has 0 aromatic carbocycles. The molecule has 86 valence electrons. The summed E-state index contributed by atoms with van der Waals surface area (Å²) in [6.07, 6.45) is 7.14. The van der Waals surface area contributed by atoms with Crippen LogP contribution in [0.2, 0.25) is 0 Å². The first kappa shape index (κ1) is 10.9. The molecule has 2 aliphatic rings. The average Bonchev–Trinajstić information content (AvgIpc) is 2.87. The minimum atomic E-state index is -0.792. The first-order chi connectivity index (χ1) is 7.25. The zero-order valence-electron chi connectivity index (χ0n) is 8.95. The predicted molar refractivity (Wildman–Crippen MR) is 55.8 cm³/mol. The minimum Gasteiger partial charge on any atom is -0.480 e. The molecule has 4 heteroatoms. The van der Waals surface area contributed by atoms with Gasteiger partial charge in [-0.15, -0.1) is 0 Å². The van der Waals surface area contributed by atoms with Gasteiger partial charge in [0.05, 0.1) is 12.7 Å². The Hall–Kier alpha value is -0.610. The van der Waals surface area contributed by atoms with E-state index in [0.29, 0.717) is 18.8 Å². The van der Waals surface area contributed by atoms with Gasteiger partial charge in [-0.2, -0.15) is 0 Å². The lowest BCUT2D eigenvalue weighted by atomic mass is 10.3. The third kappa shape index (κ3) is 3.47. The molecule has 15 heavy (non-hydrogen) atoms. The van der Waals surface area contributed by atoms with Gasteiger partial charge in [-0.05, 0) is 25.7 Å². The highest BCUT2D eigenvalue weighted by Crippen LogP contribution is 2.22. The second-order valence-electron chi connectivity index (χ2n) is 4.57. The highest BCUT2D eigenvalue weighted by Gasteiger charge is 2.29. The lowest BCUT2D eigenvalue weighted by Crippen LogP contribution is -2.42. The molecule has 0 saturated heterocycles. The van der Waals surface area contributed by atoms with E-state index in [1.165, 1.54) is 12.8 Å². The fourth-order valence-corrected chi connectivity index (χ4v) is 2.01. The Morgan fingerprint density at radius 1 is 1.33 bits per heavy atom. The zero-order chi connectivity index (χ0) is 10.7. The molecule has 0 heterocycles. The van der Waals surface area contributed by atoms with E-state index in [1.807, 2.05) is 0 Å². The van der Waals surface area contributed by atoms with Crippen molar-refractivity contribution in [3.05, 3.63) is 0 Å². The monoisotopic (exact) mass is 213 g/mol. The van der Waals surface area contributed by atoms with E-state index < -0.39 is 12.0 Å². The summed E-state index contributed by atoms with van der Waals surface area (Å²) in [5, 5.41) is 12.1. The molecule has 1 unspecified atom stereocenters. The summed E-state index contributed by atoms with van der Waals surface area (Å²) in [6, 6.07) is -0.101. The molecule has 2 aliphatic carbocycles. The molecule has 2 fully saturated rings. The Morgan fingerprint density at radius 3 is 2.53 bits per heavy atom. The summed E-state index contributed by atoms with van der Waals surface area (Å²) < 4.78 is 5.61. The molecule has 0 amide bonds. The summed E-state index contributed by atoms with van der Waals surface area (Å²) in [4.78, 5) is 10.9. The summed E-state index contributed by atoms with van der Waals surface area (Å²) in [5.74, 6) is -0.792. The quantitative estimate of drug-likeness (QED) is 0.695. The largest absolute Gasteiger partial charge is 0.480 e. The van der Waals surface area contributed by atoms with E-state index in [9.17, 15) is 4.79 Å². The Bertz CT molecular complexity index is 222. The van der Waals surface area contributed by atoms with Crippen LogP contribution in [-0.2, 0) is 9.53 Å². The van der Waals surface area contributed by atoms with Crippen LogP contribution in [-0.4, -0.2) is 35.9 Å². The molecular weight excluding hydrogens is 194 g/mol. The molecule has 2 N–H and O–H groups in total. The van der Waals surface area contributed by atoms with Crippen molar-refractivity contribution in [2.75, 3.05) is 6.61 Å². The fraction of sp³-hybridized carbons (Fsp3) is 0.909. The van der Waals surface area contributed by atoms with Crippen LogP contribution >= 0.6 is 0 Å². The van der Waals surface area contributed by atoms with E-state index in [0.717, 1.165) is 25.7 Å². The average molecular weight is 213 g/mol. The highest BCUT2D eigenvalue weighted by atomic mass is 16.5. The van der Waals surface area contributed by atoms with Gasteiger partial charge in [-0.3, -0.25) is 10.1 Å². The van der Waals surface area contributed by atoms with Gasteiger partial charge in [-0.1, -0.05) is 12.8 Å². The predicted octanol–water partition coefficient (Wildman–Crippen LogP) is 1.15. The van der Waals surface area contributed by atoms with Crippen LogP contribution in [0.1, 0.15) is 38.5 Å². The molecule has 0 aliphatic heterocycles. The molecule has 1 atom stereocenters. The SMILES string of the molecule is O=C(O)C(COC1CCCC1)NC1CC1. The van der Waals surface area contributed by atoms with Gasteiger partial charge in [0.25, 0.3) is 0 Å². The zero-order valence-corrected chi connectivity index (χ0v) is 8.95. The minimum absolute atomic E-state index is 0.299. The Balaban J connectivity index is 1.70. The maximum atomic E-state index is 10.9. The van der Waals surface area contributed by atoms with Crippen LogP contribution in [0.15, 0.2) is 0 Å². The van der Waals surface area contributed by atoms with Gasteiger partial charge in [-0.25, -0.2) is 0 Å². The molecule has 0 spiro atoms. The Kier molecular flexibility index (Phi) is 3.59. The van der Waals surface area contributed by atoms with Crippen molar-refractivity contribution in [2.45, 2.75) is 56.7 Å². The Labute approximate surface area is 90.0 Å². The molecule has 0 aromatic rings. The molecule has 4 nitrogen and oxygen atoms in total. The van der Waals surface area contributed by atoms with Crippen molar-refractivity contribution in [3.8, 4) is 0 Å². The standard InChI is InChI=1S/C11H19NO3/c13-11(14)10(12-8-5-6-8)7-15-9-3-1-2-4-9/h8-10,12H,1-7H2,(H,13,14). The molecule has 2 saturated carbocycles. The normalized spacial score (nSPS) is 24.3. The van der Waals surface area contributed by atoms with Gasteiger partial charge < -0.3 is 9.84 Å². The second kappa shape index (κ2) is 4.94. The van der Waals surface area contributed by atoms with Crippen LogP contribution < -0.4 is 5.32 Å². The summed E-state index contributed by atoms with van der Waals surface area (Å²) >= 11 is 0. The maximum Gasteiger partial charge on any atom is 0.323 e. The number of aliphatic carboxylic acids is 1. The van der Waals surface area contributed by atoms with Crippen LogP contribution in [0.5, 0.6) is 0 Å². The topological polar surface area (TPSA) is 58.6 Å². The number of carboxylic acid groups (broad SMARTS) is 1. The molecule has 0 bridgehead atoms. The number of ether oxygens (including phenoxy) is 1. The molecule has 2 rings (SSSR count). The van der Waals surface area contributed by atoms with Crippen molar-refractivity contribution < 1.29 is 14.6 Å². The van der Waals surface area contributed by atoms with Crippen molar-refractivity contribution in [1.82, 2.24) is 5.32 Å². The lowest BCUT2D eigenvalue weighted by Gasteiger charge is -2.17. The van der Waals surface area contributed by atoms with Gasteiger partial charge in [0, 0.05) is 6.04 Å². The number of carbonyl (C=O) groups is 1. The van der Waals surface area contributed by atoms with Crippen molar-refractivity contribution in [1.29, 1.82) is 0 Å². The lowest BCUT2D eigenvalue weighted by molar-refractivity contribution is -0.141. The van der Waals surface area contributed by atoms with Crippen molar-refractivity contribution in [3.63, 3.8) is 0 Å². The van der Waals surface area contributed by atoms with E-state index in [4.69, 9.17) is 9.84 Å². The van der Waals surface area contributed by atoms with Gasteiger partial charge in [0.1, 0.15) is 6.04 Å². The third-order valence-corrected chi connectivity index (χ3v) is 3.11. The van der Waals surface area contributed by atoms with Crippen LogP contribution in [0.25, 0.3) is 0 Å². The van der Waals surface area contributed by atoms with Crippen LogP contribution in [0.3, 0.4) is 0 Å². The van der Waals surface area contributed by atoms with E-state index in [1.54, 1.807) is 0 Å². The summed E-state index contributed by atoms with van der Waals surface area (Å²) in [7, 11) is 0. The number of hydrogen-bond donors (Lipinski definition) is 2. The fourth-order valence-electron chi connectivity index (χ4n) is 2.01. The molecule has 0 aromatic heterocycles. The maximum absolute atomic E-state index is 10.9. The van der Waals surface area contributed by atoms with Crippen molar-refractivity contribution in [2.24, 2.45) is 0 Å². The smallest absolute Gasteiger partial charge is 0.323 e. The van der Waals surface area contributed by atoms with Crippen molar-refractivity contribution >= 4 is 5.97 Å². The molecule has 0 radical (unpaired) electrons. The van der Waals surface area contributed by atoms with Crippen LogP contribution in [0, 0.1) is 0 Å². The van der Waals surface area contributed by atoms with E-state index in [2.05, 4.69) is 5.32 Å². The van der Waals surface area contributed by atoms with Gasteiger partial charge >= 0.3 is 5.97 Å². The third-order valence-electron chi connectivity index (χ3n) is 3.11.